The minimum atomic E-state index is -1.57. The molecule has 0 amide bonds. The molecular weight excluding hydrogens is 370 g/mol. The Hall–Kier alpha value is -3.07. The average Bonchev–Trinajstić information content (AvgIpc) is 2.72. The van der Waals surface area contributed by atoms with E-state index in [1.807, 2.05) is 12.1 Å². The molecule has 0 spiro atoms. The lowest BCUT2D eigenvalue weighted by atomic mass is 9.58. The summed E-state index contributed by atoms with van der Waals surface area (Å²) in [5, 5.41) is 30.2. The first-order valence-electron chi connectivity index (χ1n) is 10.4. The van der Waals surface area contributed by atoms with Crippen molar-refractivity contribution in [3.05, 3.63) is 58.3 Å². The first kappa shape index (κ1) is 21.6. The van der Waals surface area contributed by atoms with Crippen LogP contribution in [0.4, 0.5) is 0 Å². The summed E-state index contributed by atoms with van der Waals surface area (Å²) in [6, 6.07) is 15.1. The van der Waals surface area contributed by atoms with Gasteiger partial charge in [0.2, 0.25) is 0 Å². The topological polar surface area (TPSA) is 101 Å². The van der Waals surface area contributed by atoms with Crippen LogP contribution in [0.1, 0.15) is 51.7 Å². The summed E-state index contributed by atoms with van der Waals surface area (Å²) in [6.45, 7) is 12.1. The van der Waals surface area contributed by atoms with Crippen molar-refractivity contribution in [1.29, 1.82) is 15.8 Å². The first-order valence-corrected chi connectivity index (χ1v) is 10.4. The summed E-state index contributed by atoms with van der Waals surface area (Å²) < 4.78 is 0. The number of allylic oxidation sites excluding steroid dienone is 2. The van der Waals surface area contributed by atoms with E-state index < -0.39 is 11.3 Å². The third-order valence-electron chi connectivity index (χ3n) is 6.56. The molecule has 0 unspecified atom stereocenters. The van der Waals surface area contributed by atoms with E-state index in [2.05, 4.69) is 75.9 Å². The van der Waals surface area contributed by atoms with Gasteiger partial charge in [-0.15, -0.1) is 0 Å². The second-order valence-corrected chi connectivity index (χ2v) is 9.60. The molecule has 2 atom stereocenters. The number of fused-ring (bicyclic) bond motifs is 1. The van der Waals surface area contributed by atoms with Crippen LogP contribution in [0.5, 0.6) is 0 Å². The van der Waals surface area contributed by atoms with Crippen LogP contribution in [0, 0.1) is 45.3 Å². The minimum Gasteiger partial charge on any atom is -0.399 e. The summed E-state index contributed by atoms with van der Waals surface area (Å²) in [5.74, 6) is -0.589. The van der Waals surface area contributed by atoms with E-state index in [1.165, 1.54) is 5.56 Å². The molecule has 1 aromatic rings. The maximum atomic E-state index is 10.2. The van der Waals surface area contributed by atoms with Crippen molar-refractivity contribution in [3.63, 3.8) is 0 Å². The Bertz CT molecular complexity index is 1000. The fourth-order valence-corrected chi connectivity index (χ4v) is 4.69. The number of hydrogen-bond donors (Lipinski definition) is 1. The minimum absolute atomic E-state index is 0.00386. The van der Waals surface area contributed by atoms with E-state index >= 15 is 0 Å². The Morgan fingerprint density at radius 2 is 1.70 bits per heavy atom. The number of benzene rings is 1. The van der Waals surface area contributed by atoms with Gasteiger partial charge in [-0.05, 0) is 36.0 Å². The molecule has 1 heterocycles. The number of nitrogens with zero attached hydrogens (tertiary/aromatic N) is 4. The Kier molecular flexibility index (Phi) is 5.51. The van der Waals surface area contributed by atoms with Crippen LogP contribution in [0.3, 0.4) is 0 Å². The fraction of sp³-hybridized carbons (Fsp3) is 0.480. The van der Waals surface area contributed by atoms with E-state index in [4.69, 9.17) is 5.73 Å². The van der Waals surface area contributed by atoms with Gasteiger partial charge in [-0.2, -0.15) is 15.8 Å². The molecule has 30 heavy (non-hydrogen) atoms. The molecule has 1 aliphatic carbocycles. The van der Waals surface area contributed by atoms with Gasteiger partial charge in [-0.25, -0.2) is 0 Å². The molecule has 154 valence electrons. The Morgan fingerprint density at radius 3 is 2.17 bits per heavy atom. The van der Waals surface area contributed by atoms with Crippen molar-refractivity contribution in [1.82, 2.24) is 4.90 Å². The van der Waals surface area contributed by atoms with Gasteiger partial charge in [-0.1, -0.05) is 51.1 Å². The lowest BCUT2D eigenvalue weighted by Crippen LogP contribution is -2.49. The van der Waals surface area contributed by atoms with Crippen LogP contribution in [-0.4, -0.2) is 24.0 Å². The van der Waals surface area contributed by atoms with E-state index in [1.54, 1.807) is 0 Å². The molecule has 0 saturated heterocycles. The van der Waals surface area contributed by atoms with Gasteiger partial charge >= 0.3 is 0 Å². The summed E-state index contributed by atoms with van der Waals surface area (Å²) >= 11 is 0. The van der Waals surface area contributed by atoms with E-state index in [0.717, 1.165) is 17.7 Å². The molecule has 0 bridgehead atoms. The van der Waals surface area contributed by atoms with Crippen molar-refractivity contribution in [3.8, 4) is 18.2 Å². The predicted molar refractivity (Wildman–Crippen MR) is 117 cm³/mol. The third kappa shape index (κ3) is 3.28. The van der Waals surface area contributed by atoms with Crippen LogP contribution in [0.25, 0.3) is 0 Å². The zero-order valence-corrected chi connectivity index (χ0v) is 18.4. The standard InChI is InChI=1S/C25H29N5/c1-16(2)30-11-10-19-20(12-26)23(29)25(14-27,15-28)22(21(19)13-30)17-6-8-18(9-7-17)24(3,4)5/h6-10,16,21-22H,11,13,29H2,1-5H3/t21-,22+/m0/s1. The molecule has 5 nitrogen and oxygen atoms in total. The average molecular weight is 400 g/mol. The maximum Gasteiger partial charge on any atom is 0.191 e. The second kappa shape index (κ2) is 7.64. The zero-order valence-electron chi connectivity index (χ0n) is 18.4. The number of rotatable bonds is 2. The molecule has 2 aliphatic rings. The summed E-state index contributed by atoms with van der Waals surface area (Å²) in [4.78, 5) is 2.31. The highest BCUT2D eigenvalue weighted by Gasteiger charge is 2.54. The lowest BCUT2D eigenvalue weighted by Gasteiger charge is -2.46. The molecule has 5 heteroatoms. The largest absolute Gasteiger partial charge is 0.399 e. The molecular formula is C25H29N5. The smallest absolute Gasteiger partial charge is 0.191 e. The maximum absolute atomic E-state index is 10.2. The van der Waals surface area contributed by atoms with Crippen LogP contribution < -0.4 is 5.73 Å². The zero-order chi connectivity index (χ0) is 22.3. The normalized spacial score (nSPS) is 23.8. The second-order valence-electron chi connectivity index (χ2n) is 9.60. The quantitative estimate of drug-likeness (QED) is 0.806. The number of hydrogen-bond acceptors (Lipinski definition) is 5. The molecule has 0 fully saturated rings. The van der Waals surface area contributed by atoms with Crippen molar-refractivity contribution in [2.45, 2.75) is 52.0 Å². The Balaban J connectivity index is 2.25. The molecule has 1 aromatic carbocycles. The van der Waals surface area contributed by atoms with Crippen molar-refractivity contribution in [2.24, 2.45) is 17.1 Å². The van der Waals surface area contributed by atoms with E-state index in [9.17, 15) is 15.8 Å². The van der Waals surface area contributed by atoms with Gasteiger partial charge in [0, 0.05) is 31.0 Å². The molecule has 0 aromatic heterocycles. The van der Waals surface area contributed by atoms with Crippen molar-refractivity contribution < 1.29 is 0 Å². The summed E-state index contributed by atoms with van der Waals surface area (Å²) in [5.41, 5.74) is 8.16. The molecule has 3 rings (SSSR count). The highest BCUT2D eigenvalue weighted by Crippen LogP contribution is 2.54. The summed E-state index contributed by atoms with van der Waals surface area (Å²) in [7, 11) is 0. The predicted octanol–water partition coefficient (Wildman–Crippen LogP) is 4.12. The summed E-state index contributed by atoms with van der Waals surface area (Å²) in [6.07, 6.45) is 2.05. The van der Waals surface area contributed by atoms with E-state index in [0.29, 0.717) is 18.2 Å². The van der Waals surface area contributed by atoms with E-state index in [-0.39, 0.29) is 17.0 Å². The Labute approximate surface area is 179 Å². The monoisotopic (exact) mass is 399 g/mol. The highest BCUT2D eigenvalue weighted by atomic mass is 15.2. The van der Waals surface area contributed by atoms with Gasteiger partial charge in [-0.3, -0.25) is 4.90 Å². The fourth-order valence-electron chi connectivity index (χ4n) is 4.69. The van der Waals surface area contributed by atoms with Crippen LogP contribution >= 0.6 is 0 Å². The third-order valence-corrected chi connectivity index (χ3v) is 6.56. The molecule has 2 N–H and O–H groups in total. The first-order chi connectivity index (χ1) is 14.1. The van der Waals surface area contributed by atoms with Crippen LogP contribution in [0.2, 0.25) is 0 Å². The van der Waals surface area contributed by atoms with Crippen LogP contribution in [0.15, 0.2) is 47.2 Å². The van der Waals surface area contributed by atoms with Crippen molar-refractivity contribution in [2.75, 3.05) is 13.1 Å². The number of nitriles is 3. The van der Waals surface area contributed by atoms with Gasteiger partial charge in [0.15, 0.2) is 5.41 Å². The number of nitrogens with two attached hydrogens (primary N) is 1. The molecule has 0 saturated carbocycles. The van der Waals surface area contributed by atoms with Gasteiger partial charge < -0.3 is 5.73 Å². The Morgan fingerprint density at radius 1 is 1.10 bits per heavy atom. The lowest BCUT2D eigenvalue weighted by molar-refractivity contribution is 0.174. The van der Waals surface area contributed by atoms with Gasteiger partial charge in [0.05, 0.1) is 23.4 Å². The molecule has 0 radical (unpaired) electrons. The van der Waals surface area contributed by atoms with Crippen LogP contribution in [-0.2, 0) is 5.41 Å². The molecule has 1 aliphatic heterocycles. The van der Waals surface area contributed by atoms with Gasteiger partial charge in [0.1, 0.15) is 6.07 Å². The van der Waals surface area contributed by atoms with Gasteiger partial charge in [0.25, 0.3) is 0 Å². The highest BCUT2D eigenvalue weighted by molar-refractivity contribution is 5.59. The SMILES string of the molecule is CC(C)N1CC=C2C(C#N)=C(N)C(C#N)(C#N)[C@H](c3ccc(C(C)(C)C)cc3)[C@H]2C1. The van der Waals surface area contributed by atoms with Crippen molar-refractivity contribution >= 4 is 0 Å².